The van der Waals surface area contributed by atoms with Crippen LogP contribution in [0.2, 0.25) is 5.02 Å². The molecule has 0 fully saturated rings. The van der Waals surface area contributed by atoms with Crippen LogP contribution in [-0.2, 0) is 23.2 Å². The molecule has 2 aromatic heterocycles. The molecule has 1 aliphatic rings. The third kappa shape index (κ3) is 3.91. The number of rotatable bonds is 5. The number of thioether (sulfide) groups is 1. The van der Waals surface area contributed by atoms with E-state index < -0.39 is 0 Å². The third-order valence-electron chi connectivity index (χ3n) is 6.04. The van der Waals surface area contributed by atoms with E-state index in [-0.39, 0.29) is 22.6 Å². The first kappa shape index (κ1) is 22.7. The van der Waals surface area contributed by atoms with Gasteiger partial charge in [-0.3, -0.25) is 9.59 Å². The maximum atomic E-state index is 13.9. The normalized spacial score (nSPS) is 14.0. The van der Waals surface area contributed by atoms with Gasteiger partial charge in [0.25, 0.3) is 5.56 Å². The number of benzene rings is 2. The maximum Gasteiger partial charge on any atom is 0.265 e. The van der Waals surface area contributed by atoms with Crippen LogP contribution in [0.1, 0.15) is 31.9 Å². The Morgan fingerprint density at radius 3 is 2.65 bits per heavy atom. The monoisotopic (exact) mass is 493 g/mol. The fourth-order valence-electron chi connectivity index (χ4n) is 4.49. The minimum absolute atomic E-state index is 0.105. The summed E-state index contributed by atoms with van der Waals surface area (Å²) in [6, 6.07) is 15.0. The van der Waals surface area contributed by atoms with Gasteiger partial charge >= 0.3 is 0 Å². The lowest BCUT2D eigenvalue weighted by Crippen LogP contribution is -2.36. The number of fused-ring (bicyclic) bond motifs is 4. The van der Waals surface area contributed by atoms with Crippen LogP contribution < -0.4 is 10.9 Å². The molecule has 5 rings (SSSR count). The summed E-state index contributed by atoms with van der Waals surface area (Å²) in [5, 5.41) is 8.52. The zero-order chi connectivity index (χ0) is 24.0. The Morgan fingerprint density at radius 2 is 1.91 bits per heavy atom. The second kappa shape index (κ2) is 8.60. The van der Waals surface area contributed by atoms with Gasteiger partial charge in [0.2, 0.25) is 11.7 Å². The highest BCUT2D eigenvalue weighted by Gasteiger charge is 2.36. The SMILES string of the molecule is CCn1nc(SCC(=O)Nc2ccc(Cl)cc2)n2c(=O)c3c(nc12)-c1ccccc1CC3(C)C. The summed E-state index contributed by atoms with van der Waals surface area (Å²) in [6.45, 7) is 6.66. The Labute approximate surface area is 206 Å². The molecule has 2 heterocycles. The molecule has 9 heteroatoms. The van der Waals surface area contributed by atoms with E-state index in [1.807, 2.05) is 25.1 Å². The predicted octanol–water partition coefficient (Wildman–Crippen LogP) is 4.80. The molecular weight excluding hydrogens is 470 g/mol. The number of nitrogens with zero attached hydrogens (tertiary/aromatic N) is 4. The summed E-state index contributed by atoms with van der Waals surface area (Å²) in [4.78, 5) is 31.3. The van der Waals surface area contributed by atoms with Crippen molar-refractivity contribution in [1.29, 1.82) is 0 Å². The van der Waals surface area contributed by atoms with Gasteiger partial charge in [0.15, 0.2) is 5.16 Å². The number of nitrogens with one attached hydrogen (secondary N) is 1. The number of carbonyl (C=O) groups excluding carboxylic acids is 1. The van der Waals surface area contributed by atoms with Crippen LogP contribution in [0.4, 0.5) is 5.69 Å². The lowest BCUT2D eigenvalue weighted by Gasteiger charge is -2.32. The van der Waals surface area contributed by atoms with Gasteiger partial charge in [-0.25, -0.2) is 14.1 Å². The molecule has 7 nitrogen and oxygen atoms in total. The van der Waals surface area contributed by atoms with E-state index in [0.29, 0.717) is 33.8 Å². The van der Waals surface area contributed by atoms with Crippen molar-refractivity contribution >= 4 is 40.7 Å². The van der Waals surface area contributed by atoms with Gasteiger partial charge < -0.3 is 5.32 Å². The molecule has 0 spiro atoms. The van der Waals surface area contributed by atoms with Gasteiger partial charge in [0.1, 0.15) is 0 Å². The van der Waals surface area contributed by atoms with E-state index in [0.717, 1.165) is 17.7 Å². The first-order valence-corrected chi connectivity index (χ1v) is 12.5. The number of hydrogen-bond donors (Lipinski definition) is 1. The highest BCUT2D eigenvalue weighted by atomic mass is 35.5. The van der Waals surface area contributed by atoms with E-state index in [4.69, 9.17) is 16.6 Å². The van der Waals surface area contributed by atoms with Crippen LogP contribution >= 0.6 is 23.4 Å². The summed E-state index contributed by atoms with van der Waals surface area (Å²) >= 11 is 7.13. The lowest BCUT2D eigenvalue weighted by atomic mass is 9.72. The van der Waals surface area contributed by atoms with Crippen LogP contribution in [0.25, 0.3) is 17.0 Å². The van der Waals surface area contributed by atoms with Gasteiger partial charge in [-0.1, -0.05) is 61.5 Å². The van der Waals surface area contributed by atoms with Crippen LogP contribution in [-0.4, -0.2) is 30.8 Å². The molecule has 2 aromatic carbocycles. The molecule has 0 saturated carbocycles. The molecule has 0 radical (unpaired) electrons. The number of aryl methyl sites for hydroxylation is 1. The van der Waals surface area contributed by atoms with E-state index in [9.17, 15) is 9.59 Å². The average molecular weight is 494 g/mol. The molecule has 1 amide bonds. The van der Waals surface area contributed by atoms with Crippen molar-refractivity contribution in [1.82, 2.24) is 19.2 Å². The zero-order valence-electron chi connectivity index (χ0n) is 19.1. The quantitative estimate of drug-likeness (QED) is 0.404. The van der Waals surface area contributed by atoms with E-state index >= 15 is 0 Å². The van der Waals surface area contributed by atoms with E-state index in [1.54, 1.807) is 33.3 Å². The molecule has 0 unspecified atom stereocenters. The van der Waals surface area contributed by atoms with Crippen molar-refractivity contribution in [3.8, 4) is 11.3 Å². The first-order chi connectivity index (χ1) is 16.3. The van der Waals surface area contributed by atoms with Gasteiger partial charge in [-0.05, 0) is 43.2 Å². The molecule has 174 valence electrons. The topological polar surface area (TPSA) is 81.3 Å². The Hall–Kier alpha value is -3.10. The summed E-state index contributed by atoms with van der Waals surface area (Å²) in [5.41, 5.74) is 3.75. The molecule has 34 heavy (non-hydrogen) atoms. The van der Waals surface area contributed by atoms with Crippen LogP contribution in [0, 0.1) is 0 Å². The summed E-state index contributed by atoms with van der Waals surface area (Å²) in [5.74, 6) is 0.396. The number of hydrogen-bond acceptors (Lipinski definition) is 5. The molecule has 1 aliphatic carbocycles. The average Bonchev–Trinajstić information content (AvgIpc) is 3.17. The Kier molecular flexibility index (Phi) is 5.73. The lowest BCUT2D eigenvalue weighted by molar-refractivity contribution is -0.113. The van der Waals surface area contributed by atoms with Crippen molar-refractivity contribution in [2.75, 3.05) is 11.1 Å². The fraction of sp³-hybridized carbons (Fsp3) is 0.280. The summed E-state index contributed by atoms with van der Waals surface area (Å²) in [6.07, 6.45) is 0.757. The maximum absolute atomic E-state index is 13.9. The first-order valence-electron chi connectivity index (χ1n) is 11.1. The highest BCUT2D eigenvalue weighted by Crippen LogP contribution is 2.40. The smallest absolute Gasteiger partial charge is 0.265 e. The van der Waals surface area contributed by atoms with E-state index in [1.165, 1.54) is 17.3 Å². The Bertz CT molecular complexity index is 1470. The molecule has 0 saturated heterocycles. The highest BCUT2D eigenvalue weighted by molar-refractivity contribution is 7.99. The molecule has 0 bridgehead atoms. The summed E-state index contributed by atoms with van der Waals surface area (Å²) < 4.78 is 3.27. The van der Waals surface area contributed by atoms with Crippen LogP contribution in [0.3, 0.4) is 0 Å². The second-order valence-corrected chi connectivity index (χ2v) is 10.3. The molecule has 1 N–H and O–H groups in total. The van der Waals surface area contributed by atoms with Crippen molar-refractivity contribution in [3.63, 3.8) is 0 Å². The van der Waals surface area contributed by atoms with Gasteiger partial charge in [-0.15, -0.1) is 5.10 Å². The van der Waals surface area contributed by atoms with Gasteiger partial charge in [0.05, 0.1) is 17.0 Å². The number of halogens is 1. The minimum Gasteiger partial charge on any atom is -0.325 e. The van der Waals surface area contributed by atoms with E-state index in [2.05, 4.69) is 30.3 Å². The largest absolute Gasteiger partial charge is 0.325 e. The van der Waals surface area contributed by atoms with Crippen molar-refractivity contribution < 1.29 is 4.79 Å². The second-order valence-electron chi connectivity index (χ2n) is 8.94. The molecular formula is C25H24ClN5O2S. The molecule has 4 aromatic rings. The molecule has 0 atom stereocenters. The number of anilines is 1. The zero-order valence-corrected chi connectivity index (χ0v) is 20.7. The summed E-state index contributed by atoms with van der Waals surface area (Å²) in [7, 11) is 0. The van der Waals surface area contributed by atoms with Gasteiger partial charge in [0, 0.05) is 28.2 Å². The third-order valence-corrected chi connectivity index (χ3v) is 7.22. The van der Waals surface area contributed by atoms with Crippen LogP contribution in [0.5, 0.6) is 0 Å². The number of carbonyl (C=O) groups is 1. The number of aromatic nitrogens is 4. The fourth-order valence-corrected chi connectivity index (χ4v) is 5.40. The minimum atomic E-state index is -0.378. The number of amides is 1. The van der Waals surface area contributed by atoms with Crippen molar-refractivity contribution in [2.24, 2.45) is 0 Å². The van der Waals surface area contributed by atoms with Crippen molar-refractivity contribution in [3.05, 3.63) is 75.0 Å². The Morgan fingerprint density at radius 1 is 1.18 bits per heavy atom. The van der Waals surface area contributed by atoms with Gasteiger partial charge in [-0.2, -0.15) is 0 Å². The van der Waals surface area contributed by atoms with Crippen molar-refractivity contribution in [2.45, 2.75) is 44.3 Å². The Balaban J connectivity index is 1.54. The van der Waals surface area contributed by atoms with Crippen LogP contribution in [0.15, 0.2) is 58.5 Å². The standard InChI is InChI=1S/C25H24ClN5O2S/c1-4-30-23-28-21-18-8-6-5-7-15(18)13-25(2,3)20(21)22(33)31(23)24(29-30)34-14-19(32)27-17-11-9-16(26)10-12-17/h5-12H,4,13-14H2,1-3H3,(H,27,32). The molecule has 0 aliphatic heterocycles. The predicted molar refractivity (Wildman–Crippen MR) is 136 cm³/mol.